The van der Waals surface area contributed by atoms with E-state index < -0.39 is 0 Å². The highest BCUT2D eigenvalue weighted by Gasteiger charge is 2.22. The number of fused-ring (bicyclic) bond motifs is 6. The number of pyridine rings is 1. The fourth-order valence-electron chi connectivity index (χ4n) is 9.82. The zero-order valence-corrected chi connectivity index (χ0v) is 33.6. The Hall–Kier alpha value is -7.22. The number of aryl methyl sites for hydroxylation is 6. The van der Waals surface area contributed by atoms with E-state index in [0.717, 1.165) is 44.7 Å². The van der Waals surface area contributed by atoms with Gasteiger partial charge in [-0.25, -0.2) is 0 Å². The normalized spacial score (nSPS) is 11.6. The lowest BCUT2D eigenvalue weighted by molar-refractivity contribution is 1.13. The lowest BCUT2D eigenvalue weighted by Crippen LogP contribution is -2.03. The van der Waals surface area contributed by atoms with Gasteiger partial charge in [-0.15, -0.1) is 0 Å². The summed E-state index contributed by atoms with van der Waals surface area (Å²) in [6, 6.07) is 52.7. The molecule has 0 atom stereocenters. The Labute approximate surface area is 338 Å². The van der Waals surface area contributed by atoms with Crippen LogP contribution in [0.5, 0.6) is 0 Å². The molecule has 4 heteroatoms. The summed E-state index contributed by atoms with van der Waals surface area (Å²) in [5, 5.41) is 15.0. The summed E-state index contributed by atoms with van der Waals surface area (Å²) in [7, 11) is 0. The van der Waals surface area contributed by atoms with Gasteiger partial charge in [0.1, 0.15) is 0 Å². The first-order valence-corrected chi connectivity index (χ1v) is 19.9. The number of hydrogen-bond donors (Lipinski definition) is 0. The van der Waals surface area contributed by atoms with Crippen molar-refractivity contribution in [1.82, 2.24) is 14.1 Å². The second-order valence-corrected chi connectivity index (χ2v) is 15.9. The van der Waals surface area contributed by atoms with Crippen LogP contribution < -0.4 is 0 Å². The summed E-state index contributed by atoms with van der Waals surface area (Å²) in [4.78, 5) is 5.16. The van der Waals surface area contributed by atoms with Crippen LogP contribution in [0, 0.1) is 52.9 Å². The minimum Gasteiger partial charge on any atom is -0.309 e. The average Bonchev–Trinajstić information content (AvgIpc) is 3.72. The fourth-order valence-corrected chi connectivity index (χ4v) is 9.82. The van der Waals surface area contributed by atoms with Crippen molar-refractivity contribution in [2.24, 2.45) is 0 Å². The molecule has 0 aliphatic heterocycles. The number of rotatable bonds is 5. The van der Waals surface area contributed by atoms with Crippen molar-refractivity contribution < 1.29 is 0 Å². The van der Waals surface area contributed by atoms with E-state index in [4.69, 9.17) is 4.98 Å². The van der Waals surface area contributed by atoms with Crippen molar-refractivity contribution in [3.63, 3.8) is 0 Å². The molecule has 0 fully saturated rings. The van der Waals surface area contributed by atoms with Crippen molar-refractivity contribution in [3.05, 3.63) is 185 Å². The molecule has 0 saturated heterocycles. The third-order valence-corrected chi connectivity index (χ3v) is 11.9. The molecular formula is C54H42N4. The van der Waals surface area contributed by atoms with E-state index in [2.05, 4.69) is 178 Å². The minimum absolute atomic E-state index is 0.583. The number of nitrogens with zero attached hydrogens (tertiary/aromatic N) is 4. The topological polar surface area (TPSA) is 46.5 Å². The summed E-state index contributed by atoms with van der Waals surface area (Å²) >= 11 is 0. The van der Waals surface area contributed by atoms with Gasteiger partial charge < -0.3 is 9.13 Å². The van der Waals surface area contributed by atoms with E-state index in [0.29, 0.717) is 5.56 Å². The van der Waals surface area contributed by atoms with Crippen molar-refractivity contribution in [2.75, 3.05) is 0 Å². The summed E-state index contributed by atoms with van der Waals surface area (Å²) in [6.07, 6.45) is 1.86. The number of para-hydroxylation sites is 2. The van der Waals surface area contributed by atoms with E-state index in [9.17, 15) is 5.26 Å². The largest absolute Gasteiger partial charge is 0.309 e. The number of aromatic nitrogens is 3. The van der Waals surface area contributed by atoms with Gasteiger partial charge in [-0.2, -0.15) is 5.26 Å². The third-order valence-electron chi connectivity index (χ3n) is 11.9. The molecule has 3 heterocycles. The smallest absolute Gasteiger partial charge is 0.0991 e. The molecule has 7 aromatic carbocycles. The summed E-state index contributed by atoms with van der Waals surface area (Å²) in [5.41, 5.74) is 21.2. The van der Waals surface area contributed by atoms with Crippen LogP contribution in [0.1, 0.15) is 38.9 Å². The Morgan fingerprint density at radius 3 is 1.45 bits per heavy atom. The molecule has 10 aromatic rings. The highest BCUT2D eigenvalue weighted by molar-refractivity contribution is 6.12. The lowest BCUT2D eigenvalue weighted by Gasteiger charge is -2.18. The van der Waals surface area contributed by atoms with Crippen LogP contribution in [0.25, 0.3) is 88.5 Å². The minimum atomic E-state index is 0.583. The van der Waals surface area contributed by atoms with E-state index in [1.165, 1.54) is 77.2 Å². The van der Waals surface area contributed by atoms with Gasteiger partial charge in [-0.1, -0.05) is 83.9 Å². The lowest BCUT2D eigenvalue weighted by atomic mass is 9.93. The maximum atomic E-state index is 10.3. The number of nitriles is 1. The Balaban J connectivity index is 1.22. The first kappa shape index (κ1) is 35.2. The number of benzene rings is 7. The van der Waals surface area contributed by atoms with Gasteiger partial charge >= 0.3 is 0 Å². The SMILES string of the molecule is Cc1cc(C)c(-c2ccc3c(c2)c2ccccc2n3-c2ccc(C#N)cc2-c2ncccc2-n2c3ccccc3c3cc(-c4c(C)cc(C)cc4C)ccc32)c(C)c1. The van der Waals surface area contributed by atoms with Crippen molar-refractivity contribution >= 4 is 43.6 Å². The predicted octanol–water partition coefficient (Wildman–Crippen LogP) is 14.0. The third kappa shape index (κ3) is 5.46. The highest BCUT2D eigenvalue weighted by atomic mass is 15.0. The van der Waals surface area contributed by atoms with Crippen molar-refractivity contribution in [1.29, 1.82) is 5.26 Å². The van der Waals surface area contributed by atoms with Crippen LogP contribution in [0.2, 0.25) is 0 Å². The standard InChI is InChI=1S/C54H42N4/c1-32-24-34(3)52(35(4)25-32)39-18-21-48-43(29-39)41-12-7-9-14-46(41)57(48)50-20-17-38(31-55)28-45(50)54-51(16-11-23-56-54)58-47-15-10-8-13-42(47)44-30-40(19-22-49(44)58)53-36(5)26-33(2)27-37(53)6/h7-30H,1-6H3. The van der Waals surface area contributed by atoms with Crippen molar-refractivity contribution in [3.8, 4) is 51.0 Å². The van der Waals surface area contributed by atoms with Gasteiger partial charge in [0.25, 0.3) is 0 Å². The van der Waals surface area contributed by atoms with Crippen LogP contribution in [0.3, 0.4) is 0 Å². The zero-order valence-electron chi connectivity index (χ0n) is 33.6. The Morgan fingerprint density at radius 2 is 0.931 bits per heavy atom. The molecule has 0 bridgehead atoms. The van der Waals surface area contributed by atoms with Gasteiger partial charge in [-0.05, 0) is 153 Å². The first-order chi connectivity index (χ1) is 28.2. The maximum absolute atomic E-state index is 10.3. The van der Waals surface area contributed by atoms with Gasteiger partial charge in [-0.3, -0.25) is 4.98 Å². The molecule has 278 valence electrons. The zero-order chi connectivity index (χ0) is 39.8. The van der Waals surface area contributed by atoms with Gasteiger partial charge in [0, 0.05) is 33.3 Å². The van der Waals surface area contributed by atoms with Crippen LogP contribution in [0.15, 0.2) is 146 Å². The molecule has 0 amide bonds. The molecule has 0 unspecified atom stereocenters. The summed E-state index contributed by atoms with van der Waals surface area (Å²) < 4.78 is 4.70. The molecule has 0 spiro atoms. The van der Waals surface area contributed by atoms with Gasteiger partial charge in [0.15, 0.2) is 0 Å². The van der Waals surface area contributed by atoms with Crippen LogP contribution in [-0.2, 0) is 0 Å². The van der Waals surface area contributed by atoms with Crippen LogP contribution in [-0.4, -0.2) is 14.1 Å². The Bertz CT molecular complexity index is 3320. The summed E-state index contributed by atoms with van der Waals surface area (Å²) in [6.45, 7) is 13.2. The summed E-state index contributed by atoms with van der Waals surface area (Å²) in [5.74, 6) is 0. The molecule has 10 rings (SSSR count). The molecule has 0 N–H and O–H groups in total. The average molecular weight is 747 g/mol. The van der Waals surface area contributed by atoms with E-state index >= 15 is 0 Å². The highest BCUT2D eigenvalue weighted by Crippen LogP contribution is 2.42. The van der Waals surface area contributed by atoms with Crippen molar-refractivity contribution in [2.45, 2.75) is 41.5 Å². The molecular weight excluding hydrogens is 705 g/mol. The second-order valence-electron chi connectivity index (χ2n) is 15.9. The monoisotopic (exact) mass is 746 g/mol. The number of hydrogen-bond acceptors (Lipinski definition) is 2. The molecule has 0 saturated carbocycles. The Morgan fingerprint density at radius 1 is 0.448 bits per heavy atom. The molecule has 3 aromatic heterocycles. The predicted molar refractivity (Wildman–Crippen MR) is 242 cm³/mol. The first-order valence-electron chi connectivity index (χ1n) is 19.9. The van der Waals surface area contributed by atoms with Crippen LogP contribution in [0.4, 0.5) is 0 Å². The quantitative estimate of drug-likeness (QED) is 0.176. The maximum Gasteiger partial charge on any atom is 0.0991 e. The Kier molecular flexibility index (Phi) is 8.18. The fraction of sp³-hybridized carbons (Fsp3) is 0.111. The van der Waals surface area contributed by atoms with Crippen LogP contribution >= 0.6 is 0 Å². The molecule has 4 nitrogen and oxygen atoms in total. The molecule has 0 aliphatic rings. The molecule has 0 radical (unpaired) electrons. The van der Waals surface area contributed by atoms with Gasteiger partial charge in [0.2, 0.25) is 0 Å². The van der Waals surface area contributed by atoms with E-state index in [1.807, 2.05) is 24.4 Å². The van der Waals surface area contributed by atoms with E-state index in [1.54, 1.807) is 0 Å². The second kappa shape index (κ2) is 13.5. The molecule has 58 heavy (non-hydrogen) atoms. The van der Waals surface area contributed by atoms with Gasteiger partial charge in [0.05, 0.1) is 50.8 Å². The molecule has 0 aliphatic carbocycles. The van der Waals surface area contributed by atoms with E-state index in [-0.39, 0.29) is 0 Å².